The number of aliphatic hydroxyl groups excluding tert-OH is 1. The van der Waals surface area contributed by atoms with Crippen molar-refractivity contribution in [2.45, 2.75) is 13.8 Å². The third kappa shape index (κ3) is 2.25. The van der Waals surface area contributed by atoms with Crippen LogP contribution in [0.4, 0.5) is 0 Å². The summed E-state index contributed by atoms with van der Waals surface area (Å²) >= 11 is 0. The van der Waals surface area contributed by atoms with Crippen LogP contribution in [-0.4, -0.2) is 20.2 Å². The first-order valence-corrected chi connectivity index (χ1v) is 4.78. The second-order valence-electron chi connectivity index (χ2n) is 3.45. The van der Waals surface area contributed by atoms with E-state index in [0.29, 0.717) is 17.1 Å². The van der Waals surface area contributed by atoms with Gasteiger partial charge in [-0.25, -0.2) is 9.97 Å². The van der Waals surface area contributed by atoms with Crippen LogP contribution in [0, 0.1) is 13.8 Å². The van der Waals surface area contributed by atoms with Crippen LogP contribution in [0.15, 0.2) is 23.0 Å². The average molecular weight is 217 g/mol. The molecule has 82 valence electrons. The van der Waals surface area contributed by atoms with Crippen molar-refractivity contribution in [3.8, 4) is 0 Å². The molecule has 0 bridgehead atoms. The van der Waals surface area contributed by atoms with Crippen molar-refractivity contribution < 1.29 is 9.63 Å². The van der Waals surface area contributed by atoms with E-state index in [1.807, 2.05) is 6.92 Å². The van der Waals surface area contributed by atoms with Gasteiger partial charge in [0.1, 0.15) is 6.33 Å². The van der Waals surface area contributed by atoms with Crippen molar-refractivity contribution >= 4 is 11.8 Å². The van der Waals surface area contributed by atoms with Crippen molar-refractivity contribution in [3.63, 3.8) is 0 Å². The van der Waals surface area contributed by atoms with Gasteiger partial charge in [0.25, 0.3) is 0 Å². The third-order valence-electron chi connectivity index (χ3n) is 1.99. The molecule has 0 aromatic carbocycles. The molecule has 0 aliphatic rings. The standard InChI is InChI=1S/C11H11N3O2/c1-7-3-9(13-6-12-7)5-10(15)11-4-8(2)14-16-11/h3-6,15H,1-2H3/b10-5-. The predicted molar refractivity (Wildman–Crippen MR) is 58.5 cm³/mol. The van der Waals surface area contributed by atoms with Gasteiger partial charge in [0.15, 0.2) is 5.76 Å². The zero-order chi connectivity index (χ0) is 11.5. The molecule has 0 saturated heterocycles. The van der Waals surface area contributed by atoms with Crippen LogP contribution in [0.1, 0.15) is 22.8 Å². The number of aryl methyl sites for hydroxylation is 2. The molecule has 2 aromatic rings. The van der Waals surface area contributed by atoms with E-state index >= 15 is 0 Å². The zero-order valence-corrected chi connectivity index (χ0v) is 9.01. The molecule has 5 heteroatoms. The Balaban J connectivity index is 2.31. The Morgan fingerprint density at radius 3 is 2.69 bits per heavy atom. The maximum atomic E-state index is 9.75. The van der Waals surface area contributed by atoms with Gasteiger partial charge in [0, 0.05) is 17.8 Å². The predicted octanol–water partition coefficient (Wildman–Crippen LogP) is 2.14. The first-order chi connectivity index (χ1) is 7.65. The number of hydrogen-bond acceptors (Lipinski definition) is 5. The highest BCUT2D eigenvalue weighted by molar-refractivity contribution is 5.72. The van der Waals surface area contributed by atoms with Gasteiger partial charge < -0.3 is 9.63 Å². The van der Waals surface area contributed by atoms with Crippen molar-refractivity contribution in [1.82, 2.24) is 15.1 Å². The summed E-state index contributed by atoms with van der Waals surface area (Å²) in [6.07, 6.45) is 2.95. The fourth-order valence-corrected chi connectivity index (χ4v) is 1.25. The number of aliphatic hydroxyl groups is 1. The summed E-state index contributed by atoms with van der Waals surface area (Å²) in [5, 5.41) is 13.4. The zero-order valence-electron chi connectivity index (χ0n) is 9.01. The van der Waals surface area contributed by atoms with E-state index < -0.39 is 0 Å². The van der Waals surface area contributed by atoms with Crippen molar-refractivity contribution in [2.75, 3.05) is 0 Å². The van der Waals surface area contributed by atoms with Crippen LogP contribution in [0.25, 0.3) is 11.8 Å². The molecule has 0 aliphatic carbocycles. The molecule has 0 fully saturated rings. The molecule has 0 saturated carbocycles. The van der Waals surface area contributed by atoms with Crippen molar-refractivity contribution in [3.05, 3.63) is 41.3 Å². The first-order valence-electron chi connectivity index (χ1n) is 4.78. The van der Waals surface area contributed by atoms with Crippen LogP contribution < -0.4 is 0 Å². The number of hydrogen-bond donors (Lipinski definition) is 1. The minimum Gasteiger partial charge on any atom is -0.504 e. The third-order valence-corrected chi connectivity index (χ3v) is 1.99. The maximum Gasteiger partial charge on any atom is 0.201 e. The van der Waals surface area contributed by atoms with Crippen LogP contribution in [0.5, 0.6) is 0 Å². The highest BCUT2D eigenvalue weighted by Crippen LogP contribution is 2.15. The van der Waals surface area contributed by atoms with E-state index in [-0.39, 0.29) is 5.76 Å². The Labute approximate surface area is 92.5 Å². The Morgan fingerprint density at radius 1 is 1.25 bits per heavy atom. The summed E-state index contributed by atoms with van der Waals surface area (Å²) < 4.78 is 4.92. The Hall–Kier alpha value is -2.17. The lowest BCUT2D eigenvalue weighted by Crippen LogP contribution is -1.87. The van der Waals surface area contributed by atoms with E-state index in [1.165, 1.54) is 12.4 Å². The van der Waals surface area contributed by atoms with Gasteiger partial charge in [-0.1, -0.05) is 5.16 Å². The molecule has 0 amide bonds. The van der Waals surface area contributed by atoms with E-state index in [2.05, 4.69) is 15.1 Å². The molecule has 2 aromatic heterocycles. The molecule has 0 aliphatic heterocycles. The maximum absolute atomic E-state index is 9.75. The van der Waals surface area contributed by atoms with Crippen molar-refractivity contribution in [2.24, 2.45) is 0 Å². The highest BCUT2D eigenvalue weighted by atomic mass is 16.5. The van der Waals surface area contributed by atoms with Crippen molar-refractivity contribution in [1.29, 1.82) is 0 Å². The monoisotopic (exact) mass is 217 g/mol. The van der Waals surface area contributed by atoms with Crippen LogP contribution in [-0.2, 0) is 0 Å². The van der Waals surface area contributed by atoms with Gasteiger partial charge in [-0.15, -0.1) is 0 Å². The fourth-order valence-electron chi connectivity index (χ4n) is 1.25. The highest BCUT2D eigenvalue weighted by Gasteiger charge is 2.06. The quantitative estimate of drug-likeness (QED) is 0.780. The second-order valence-corrected chi connectivity index (χ2v) is 3.45. The van der Waals surface area contributed by atoms with Gasteiger partial charge in [0.05, 0.1) is 11.4 Å². The molecule has 5 nitrogen and oxygen atoms in total. The lowest BCUT2D eigenvalue weighted by Gasteiger charge is -1.95. The van der Waals surface area contributed by atoms with Crippen LogP contribution in [0.2, 0.25) is 0 Å². The average Bonchev–Trinajstić information content (AvgIpc) is 2.65. The number of aromatic nitrogens is 3. The molecule has 16 heavy (non-hydrogen) atoms. The van der Waals surface area contributed by atoms with Gasteiger partial charge in [0.2, 0.25) is 5.76 Å². The molecular weight excluding hydrogens is 206 g/mol. The van der Waals surface area contributed by atoms with Gasteiger partial charge in [-0.05, 0) is 19.9 Å². The molecule has 2 rings (SSSR count). The van der Waals surface area contributed by atoms with E-state index in [4.69, 9.17) is 4.52 Å². The van der Waals surface area contributed by atoms with Gasteiger partial charge in [-0.2, -0.15) is 0 Å². The molecule has 1 N–H and O–H groups in total. The normalized spacial score (nSPS) is 11.8. The summed E-state index contributed by atoms with van der Waals surface area (Å²) in [5.74, 6) is 0.326. The first kappa shape index (κ1) is 10.4. The van der Waals surface area contributed by atoms with Gasteiger partial charge >= 0.3 is 0 Å². The summed E-state index contributed by atoms with van der Waals surface area (Å²) in [6, 6.07) is 3.42. The Bertz CT molecular complexity index is 532. The number of nitrogens with zero attached hydrogens (tertiary/aromatic N) is 3. The second kappa shape index (κ2) is 4.14. The Morgan fingerprint density at radius 2 is 2.06 bits per heavy atom. The van der Waals surface area contributed by atoms with Crippen LogP contribution >= 0.6 is 0 Å². The molecule has 0 atom stereocenters. The topological polar surface area (TPSA) is 72.0 Å². The Kier molecular flexibility index (Phi) is 2.68. The molecule has 0 spiro atoms. The summed E-state index contributed by atoms with van der Waals surface area (Å²) in [7, 11) is 0. The molecular formula is C11H11N3O2. The summed E-state index contributed by atoms with van der Waals surface area (Å²) in [6.45, 7) is 3.64. The smallest absolute Gasteiger partial charge is 0.201 e. The van der Waals surface area contributed by atoms with Crippen LogP contribution in [0.3, 0.4) is 0 Å². The minimum absolute atomic E-state index is 0.00120. The van der Waals surface area contributed by atoms with E-state index in [9.17, 15) is 5.11 Å². The lowest BCUT2D eigenvalue weighted by atomic mass is 10.2. The summed E-state index contributed by atoms with van der Waals surface area (Å²) in [4.78, 5) is 7.97. The SMILES string of the molecule is Cc1cc(/C=C(\O)c2cc(C)no2)ncn1. The summed E-state index contributed by atoms with van der Waals surface area (Å²) in [5.41, 5.74) is 2.18. The lowest BCUT2D eigenvalue weighted by molar-refractivity contribution is 0.379. The number of rotatable bonds is 2. The fraction of sp³-hybridized carbons (Fsp3) is 0.182. The minimum atomic E-state index is -0.00120. The molecule has 0 radical (unpaired) electrons. The molecule has 2 heterocycles. The van der Waals surface area contributed by atoms with E-state index in [0.717, 1.165) is 5.69 Å². The molecule has 0 unspecified atom stereocenters. The largest absolute Gasteiger partial charge is 0.504 e. The van der Waals surface area contributed by atoms with E-state index in [1.54, 1.807) is 19.1 Å². The van der Waals surface area contributed by atoms with Gasteiger partial charge in [-0.3, -0.25) is 0 Å².